The highest BCUT2D eigenvalue weighted by Gasteiger charge is 2.11. The smallest absolute Gasteiger partial charge is 0.356 e. The number of nitrogens with zero attached hydrogens (tertiary/aromatic N) is 2. The van der Waals surface area contributed by atoms with Crippen molar-refractivity contribution in [3.8, 4) is 5.69 Å². The van der Waals surface area contributed by atoms with Crippen molar-refractivity contribution in [1.29, 1.82) is 0 Å². The van der Waals surface area contributed by atoms with Crippen molar-refractivity contribution >= 4 is 16.9 Å². The Morgan fingerprint density at radius 3 is 2.80 bits per heavy atom. The van der Waals surface area contributed by atoms with Crippen LogP contribution in [0.5, 0.6) is 0 Å². The van der Waals surface area contributed by atoms with Gasteiger partial charge < -0.3 is 9.30 Å². The van der Waals surface area contributed by atoms with E-state index in [1.165, 1.54) is 0 Å². The Labute approximate surface area is 116 Å². The lowest BCUT2D eigenvalue weighted by Crippen LogP contribution is -2.06. The molecule has 2 heterocycles. The first-order valence-corrected chi connectivity index (χ1v) is 6.49. The van der Waals surface area contributed by atoms with E-state index in [4.69, 9.17) is 4.74 Å². The Hall–Kier alpha value is -2.62. The molecule has 20 heavy (non-hydrogen) atoms. The summed E-state index contributed by atoms with van der Waals surface area (Å²) in [5.41, 5.74) is 2.36. The van der Waals surface area contributed by atoms with Crippen molar-refractivity contribution in [1.82, 2.24) is 9.55 Å². The number of para-hydroxylation sites is 1. The Morgan fingerprint density at radius 2 is 2.05 bits per heavy atom. The van der Waals surface area contributed by atoms with E-state index in [1.54, 1.807) is 19.2 Å². The Morgan fingerprint density at radius 1 is 1.25 bits per heavy atom. The summed E-state index contributed by atoms with van der Waals surface area (Å²) in [5, 5.41) is 0.965. The number of esters is 1. The van der Waals surface area contributed by atoms with Crippen LogP contribution in [-0.4, -0.2) is 22.1 Å². The highest BCUT2D eigenvalue weighted by molar-refractivity contribution is 5.92. The van der Waals surface area contributed by atoms with Crippen LogP contribution in [0.15, 0.2) is 54.9 Å². The largest absolute Gasteiger partial charge is 0.461 e. The van der Waals surface area contributed by atoms with Crippen molar-refractivity contribution in [2.24, 2.45) is 0 Å². The average Bonchev–Trinajstić information content (AvgIpc) is 2.91. The molecule has 0 aliphatic carbocycles. The summed E-state index contributed by atoms with van der Waals surface area (Å²) in [6.07, 6.45) is 3.67. The van der Waals surface area contributed by atoms with E-state index in [0.717, 1.165) is 16.6 Å². The predicted octanol–water partition coefficient (Wildman–Crippen LogP) is 3.20. The molecule has 0 saturated carbocycles. The number of hydrogen-bond donors (Lipinski definition) is 0. The summed E-state index contributed by atoms with van der Waals surface area (Å²) in [5.74, 6) is -0.387. The molecule has 0 amide bonds. The van der Waals surface area contributed by atoms with Crippen LogP contribution in [0.2, 0.25) is 0 Å². The minimum atomic E-state index is -0.387. The molecule has 0 atom stereocenters. The van der Waals surface area contributed by atoms with E-state index < -0.39 is 0 Å². The summed E-state index contributed by atoms with van der Waals surface area (Å²) in [7, 11) is 0. The summed E-state index contributed by atoms with van der Waals surface area (Å²) in [6, 6.07) is 13.7. The molecule has 3 rings (SSSR count). The number of hydrogen-bond acceptors (Lipinski definition) is 3. The molecule has 4 nitrogen and oxygen atoms in total. The molecule has 4 heteroatoms. The third-order valence-corrected chi connectivity index (χ3v) is 3.10. The molecule has 2 aromatic heterocycles. The SMILES string of the molecule is CCOC(=O)c1cc2ccn(-c3ccccc3)c2cn1. The molecule has 0 aliphatic heterocycles. The second kappa shape index (κ2) is 5.17. The van der Waals surface area contributed by atoms with E-state index in [9.17, 15) is 4.79 Å². The average molecular weight is 266 g/mol. The molecule has 0 bridgehead atoms. The van der Waals surface area contributed by atoms with Gasteiger partial charge in [-0.3, -0.25) is 0 Å². The maximum Gasteiger partial charge on any atom is 0.356 e. The molecule has 3 aromatic rings. The molecular formula is C16H14N2O2. The first-order valence-electron chi connectivity index (χ1n) is 6.49. The molecule has 100 valence electrons. The quantitative estimate of drug-likeness (QED) is 0.684. The lowest BCUT2D eigenvalue weighted by molar-refractivity contribution is 0.0520. The van der Waals surface area contributed by atoms with E-state index >= 15 is 0 Å². The van der Waals surface area contributed by atoms with Gasteiger partial charge in [-0.2, -0.15) is 0 Å². The second-order valence-corrected chi connectivity index (χ2v) is 4.37. The fourth-order valence-electron chi connectivity index (χ4n) is 2.16. The van der Waals surface area contributed by atoms with Gasteiger partial charge in [0.05, 0.1) is 18.3 Å². The standard InChI is InChI=1S/C16H14N2O2/c1-2-20-16(19)14-10-12-8-9-18(15(12)11-17-14)13-6-4-3-5-7-13/h3-11H,2H2,1H3. The third-order valence-electron chi connectivity index (χ3n) is 3.10. The first-order chi connectivity index (χ1) is 9.79. The summed E-state index contributed by atoms with van der Waals surface area (Å²) >= 11 is 0. The van der Waals surface area contributed by atoms with Crippen LogP contribution in [0.1, 0.15) is 17.4 Å². The zero-order valence-corrected chi connectivity index (χ0v) is 11.1. The molecule has 0 radical (unpaired) electrons. The predicted molar refractivity (Wildman–Crippen MR) is 77.0 cm³/mol. The molecule has 0 aliphatic rings. The van der Waals surface area contributed by atoms with Crippen LogP contribution >= 0.6 is 0 Å². The Bertz CT molecular complexity index is 748. The molecule has 0 N–H and O–H groups in total. The minimum absolute atomic E-state index is 0.338. The maximum atomic E-state index is 11.7. The Balaban J connectivity index is 2.05. The van der Waals surface area contributed by atoms with Gasteiger partial charge in [0.1, 0.15) is 5.69 Å². The van der Waals surface area contributed by atoms with Crippen LogP contribution < -0.4 is 0 Å². The molecular weight excluding hydrogens is 252 g/mol. The third kappa shape index (κ3) is 2.16. The van der Waals surface area contributed by atoms with Gasteiger partial charge in [-0.25, -0.2) is 9.78 Å². The summed E-state index contributed by atoms with van der Waals surface area (Å²) in [4.78, 5) is 15.9. The number of aromatic nitrogens is 2. The van der Waals surface area contributed by atoms with Gasteiger partial charge in [0, 0.05) is 17.3 Å². The number of benzene rings is 1. The van der Waals surface area contributed by atoms with E-state index in [1.807, 2.05) is 47.2 Å². The van der Waals surface area contributed by atoms with Gasteiger partial charge in [0.15, 0.2) is 0 Å². The number of ether oxygens (including phenoxy) is 1. The fraction of sp³-hybridized carbons (Fsp3) is 0.125. The topological polar surface area (TPSA) is 44.1 Å². The van der Waals surface area contributed by atoms with Crippen LogP contribution in [0.3, 0.4) is 0 Å². The van der Waals surface area contributed by atoms with E-state index in [2.05, 4.69) is 4.98 Å². The molecule has 0 spiro atoms. The van der Waals surface area contributed by atoms with E-state index in [0.29, 0.717) is 12.3 Å². The van der Waals surface area contributed by atoms with Gasteiger partial charge in [0.2, 0.25) is 0 Å². The minimum Gasteiger partial charge on any atom is -0.461 e. The van der Waals surface area contributed by atoms with Gasteiger partial charge in [-0.1, -0.05) is 18.2 Å². The summed E-state index contributed by atoms with van der Waals surface area (Å²) < 4.78 is 7.00. The molecule has 1 aromatic carbocycles. The highest BCUT2D eigenvalue weighted by Crippen LogP contribution is 2.20. The van der Waals surface area contributed by atoms with Gasteiger partial charge >= 0.3 is 5.97 Å². The van der Waals surface area contributed by atoms with Crippen LogP contribution in [0, 0.1) is 0 Å². The lowest BCUT2D eigenvalue weighted by Gasteiger charge is -2.05. The van der Waals surface area contributed by atoms with Crippen molar-refractivity contribution in [3.63, 3.8) is 0 Å². The monoisotopic (exact) mass is 266 g/mol. The van der Waals surface area contributed by atoms with Gasteiger partial charge in [-0.15, -0.1) is 0 Å². The number of rotatable bonds is 3. The van der Waals surface area contributed by atoms with Crippen molar-refractivity contribution in [2.45, 2.75) is 6.92 Å². The lowest BCUT2D eigenvalue weighted by atomic mass is 10.2. The van der Waals surface area contributed by atoms with Crippen molar-refractivity contribution in [2.75, 3.05) is 6.61 Å². The van der Waals surface area contributed by atoms with E-state index in [-0.39, 0.29) is 5.97 Å². The highest BCUT2D eigenvalue weighted by atomic mass is 16.5. The van der Waals surface area contributed by atoms with Crippen molar-refractivity contribution in [3.05, 3.63) is 60.6 Å². The zero-order chi connectivity index (χ0) is 13.9. The fourth-order valence-corrected chi connectivity index (χ4v) is 2.16. The van der Waals surface area contributed by atoms with Crippen molar-refractivity contribution < 1.29 is 9.53 Å². The normalized spacial score (nSPS) is 10.7. The maximum absolute atomic E-state index is 11.7. The second-order valence-electron chi connectivity index (χ2n) is 4.37. The first kappa shape index (κ1) is 12.4. The van der Waals surface area contributed by atoms with Gasteiger partial charge in [0.25, 0.3) is 0 Å². The van der Waals surface area contributed by atoms with Gasteiger partial charge in [-0.05, 0) is 31.2 Å². The summed E-state index contributed by atoms with van der Waals surface area (Å²) in [6.45, 7) is 2.13. The number of carbonyl (C=O) groups excluding carboxylic acids is 1. The Kier molecular flexibility index (Phi) is 3.21. The molecule has 0 unspecified atom stereocenters. The molecule has 0 fully saturated rings. The van der Waals surface area contributed by atoms with Crippen LogP contribution in [-0.2, 0) is 4.74 Å². The van der Waals surface area contributed by atoms with Crippen LogP contribution in [0.4, 0.5) is 0 Å². The number of pyridine rings is 1. The zero-order valence-electron chi connectivity index (χ0n) is 11.1. The number of carbonyl (C=O) groups is 1. The number of fused-ring (bicyclic) bond motifs is 1. The van der Waals surface area contributed by atoms with Crippen LogP contribution in [0.25, 0.3) is 16.6 Å². The molecule has 0 saturated heterocycles.